The first kappa shape index (κ1) is 15.1. The van der Waals surface area contributed by atoms with Gasteiger partial charge < -0.3 is 19.5 Å². The Morgan fingerprint density at radius 3 is 2.70 bits per heavy atom. The molecule has 112 valence electrons. The van der Waals surface area contributed by atoms with E-state index in [2.05, 4.69) is 11.4 Å². The summed E-state index contributed by atoms with van der Waals surface area (Å²) >= 11 is 0. The summed E-state index contributed by atoms with van der Waals surface area (Å²) in [5, 5.41) is 3.36. The Balaban J connectivity index is 2.00. The normalized spacial score (nSPS) is 15.5. The van der Waals surface area contributed by atoms with E-state index in [0.717, 1.165) is 44.0 Å². The average Bonchev–Trinajstić information content (AvgIpc) is 2.97. The van der Waals surface area contributed by atoms with E-state index in [1.807, 2.05) is 12.1 Å². The molecule has 20 heavy (non-hydrogen) atoms. The summed E-state index contributed by atoms with van der Waals surface area (Å²) in [6.07, 6.45) is 5.23. The van der Waals surface area contributed by atoms with Crippen LogP contribution in [0.15, 0.2) is 18.2 Å². The standard InChI is InChI=1S/C16H25NO3/c1-18-10-9-17-12-13-7-8-15(19-2)11-16(13)20-14-5-3-4-6-14/h7-8,11,14,17H,3-6,9-10,12H2,1-2H3. The van der Waals surface area contributed by atoms with Crippen molar-refractivity contribution in [1.29, 1.82) is 0 Å². The molecule has 1 N–H and O–H groups in total. The van der Waals surface area contributed by atoms with Gasteiger partial charge in [0.2, 0.25) is 0 Å². The zero-order valence-corrected chi connectivity index (χ0v) is 12.5. The lowest BCUT2D eigenvalue weighted by Gasteiger charge is -2.18. The van der Waals surface area contributed by atoms with Crippen molar-refractivity contribution < 1.29 is 14.2 Å². The van der Waals surface area contributed by atoms with Crippen LogP contribution in [0.2, 0.25) is 0 Å². The Hall–Kier alpha value is -1.26. The third kappa shape index (κ3) is 4.39. The summed E-state index contributed by atoms with van der Waals surface area (Å²) < 4.78 is 16.5. The molecule has 0 aliphatic heterocycles. The first-order valence-electron chi connectivity index (χ1n) is 7.36. The van der Waals surface area contributed by atoms with E-state index in [9.17, 15) is 0 Å². The van der Waals surface area contributed by atoms with Gasteiger partial charge in [0, 0.05) is 31.8 Å². The molecule has 4 heteroatoms. The maximum absolute atomic E-state index is 6.15. The van der Waals surface area contributed by atoms with E-state index < -0.39 is 0 Å². The number of hydrogen-bond donors (Lipinski definition) is 1. The van der Waals surface area contributed by atoms with Crippen LogP contribution < -0.4 is 14.8 Å². The highest BCUT2D eigenvalue weighted by Crippen LogP contribution is 2.29. The van der Waals surface area contributed by atoms with Crippen molar-refractivity contribution in [2.24, 2.45) is 0 Å². The summed E-state index contributed by atoms with van der Waals surface area (Å²) in [4.78, 5) is 0. The minimum Gasteiger partial charge on any atom is -0.497 e. The average molecular weight is 279 g/mol. The van der Waals surface area contributed by atoms with Crippen molar-refractivity contribution in [3.63, 3.8) is 0 Å². The molecule has 1 aromatic carbocycles. The Bertz CT molecular complexity index is 403. The molecule has 0 radical (unpaired) electrons. The molecule has 2 rings (SSSR count). The molecular formula is C16H25NO3. The van der Waals surface area contributed by atoms with Gasteiger partial charge in [0.25, 0.3) is 0 Å². The van der Waals surface area contributed by atoms with Gasteiger partial charge in [-0.15, -0.1) is 0 Å². The molecule has 0 bridgehead atoms. The van der Waals surface area contributed by atoms with Crippen molar-refractivity contribution >= 4 is 0 Å². The molecular weight excluding hydrogens is 254 g/mol. The first-order chi connectivity index (χ1) is 9.83. The molecule has 0 saturated heterocycles. The van der Waals surface area contributed by atoms with Crippen molar-refractivity contribution in [3.05, 3.63) is 23.8 Å². The van der Waals surface area contributed by atoms with E-state index in [1.165, 1.54) is 18.4 Å². The monoisotopic (exact) mass is 279 g/mol. The summed E-state index contributed by atoms with van der Waals surface area (Å²) in [6, 6.07) is 6.05. The molecule has 0 amide bonds. The Kier molecular flexibility index (Phi) is 6.15. The number of hydrogen-bond acceptors (Lipinski definition) is 4. The van der Waals surface area contributed by atoms with Gasteiger partial charge in [-0.1, -0.05) is 6.07 Å². The predicted molar refractivity (Wildman–Crippen MR) is 79.5 cm³/mol. The van der Waals surface area contributed by atoms with Gasteiger partial charge in [-0.2, -0.15) is 0 Å². The van der Waals surface area contributed by atoms with Crippen LogP contribution in [0.1, 0.15) is 31.2 Å². The highest BCUT2D eigenvalue weighted by atomic mass is 16.5. The molecule has 1 saturated carbocycles. The molecule has 1 aromatic rings. The maximum Gasteiger partial charge on any atom is 0.127 e. The van der Waals surface area contributed by atoms with Crippen LogP contribution in [-0.2, 0) is 11.3 Å². The van der Waals surface area contributed by atoms with Crippen LogP contribution in [0.25, 0.3) is 0 Å². The van der Waals surface area contributed by atoms with Crippen LogP contribution in [0.4, 0.5) is 0 Å². The Morgan fingerprint density at radius 1 is 1.20 bits per heavy atom. The van der Waals surface area contributed by atoms with Gasteiger partial charge >= 0.3 is 0 Å². The van der Waals surface area contributed by atoms with Crippen molar-refractivity contribution in [2.75, 3.05) is 27.4 Å². The van der Waals surface area contributed by atoms with Crippen LogP contribution in [0.3, 0.4) is 0 Å². The van der Waals surface area contributed by atoms with Gasteiger partial charge in [0.15, 0.2) is 0 Å². The SMILES string of the molecule is COCCNCc1ccc(OC)cc1OC1CCCC1. The van der Waals surface area contributed by atoms with Crippen molar-refractivity contribution in [3.8, 4) is 11.5 Å². The summed E-state index contributed by atoms with van der Waals surface area (Å²) in [6.45, 7) is 2.34. The Morgan fingerprint density at radius 2 is 2.00 bits per heavy atom. The minimum absolute atomic E-state index is 0.361. The molecule has 0 atom stereocenters. The van der Waals surface area contributed by atoms with Gasteiger partial charge in [-0.25, -0.2) is 0 Å². The lowest BCUT2D eigenvalue weighted by Crippen LogP contribution is -2.20. The highest BCUT2D eigenvalue weighted by molar-refractivity contribution is 5.41. The zero-order valence-electron chi connectivity index (χ0n) is 12.5. The van der Waals surface area contributed by atoms with Gasteiger partial charge in [0.1, 0.15) is 11.5 Å². The van der Waals surface area contributed by atoms with Crippen LogP contribution >= 0.6 is 0 Å². The molecule has 1 aliphatic carbocycles. The van der Waals surface area contributed by atoms with E-state index in [-0.39, 0.29) is 0 Å². The first-order valence-corrected chi connectivity index (χ1v) is 7.36. The molecule has 1 fully saturated rings. The van der Waals surface area contributed by atoms with E-state index in [1.54, 1.807) is 14.2 Å². The number of methoxy groups -OCH3 is 2. The topological polar surface area (TPSA) is 39.7 Å². The smallest absolute Gasteiger partial charge is 0.127 e. The molecule has 0 heterocycles. The quantitative estimate of drug-likeness (QED) is 0.743. The molecule has 0 aromatic heterocycles. The maximum atomic E-state index is 6.15. The largest absolute Gasteiger partial charge is 0.497 e. The second-order valence-electron chi connectivity index (χ2n) is 5.17. The minimum atomic E-state index is 0.361. The second kappa shape index (κ2) is 8.12. The fraction of sp³-hybridized carbons (Fsp3) is 0.625. The summed E-state index contributed by atoms with van der Waals surface area (Å²) in [5.41, 5.74) is 1.17. The summed E-state index contributed by atoms with van der Waals surface area (Å²) in [5.74, 6) is 1.79. The lowest BCUT2D eigenvalue weighted by molar-refractivity contribution is 0.197. The molecule has 0 spiro atoms. The fourth-order valence-corrected chi connectivity index (χ4v) is 2.50. The third-order valence-corrected chi connectivity index (χ3v) is 3.67. The van der Waals surface area contributed by atoms with Crippen LogP contribution in [0.5, 0.6) is 11.5 Å². The predicted octanol–water partition coefficient (Wildman–Crippen LogP) is 2.75. The van der Waals surface area contributed by atoms with E-state index >= 15 is 0 Å². The second-order valence-corrected chi connectivity index (χ2v) is 5.17. The summed E-state index contributed by atoms with van der Waals surface area (Å²) in [7, 11) is 3.40. The lowest BCUT2D eigenvalue weighted by atomic mass is 10.1. The van der Waals surface area contributed by atoms with Crippen LogP contribution in [0, 0.1) is 0 Å². The van der Waals surface area contributed by atoms with E-state index in [4.69, 9.17) is 14.2 Å². The highest BCUT2D eigenvalue weighted by Gasteiger charge is 2.18. The van der Waals surface area contributed by atoms with Crippen molar-refractivity contribution in [2.45, 2.75) is 38.3 Å². The number of rotatable bonds is 8. The molecule has 1 aliphatic rings. The molecule has 4 nitrogen and oxygen atoms in total. The Labute approximate surface area is 121 Å². The number of ether oxygens (including phenoxy) is 3. The molecule has 0 unspecified atom stereocenters. The number of nitrogens with one attached hydrogen (secondary N) is 1. The van der Waals surface area contributed by atoms with Gasteiger partial charge in [-0.3, -0.25) is 0 Å². The zero-order chi connectivity index (χ0) is 14.2. The fourth-order valence-electron chi connectivity index (χ4n) is 2.50. The van der Waals surface area contributed by atoms with Gasteiger partial charge in [0.05, 0.1) is 19.8 Å². The van der Waals surface area contributed by atoms with Gasteiger partial charge in [-0.05, 0) is 31.7 Å². The third-order valence-electron chi connectivity index (χ3n) is 3.67. The van der Waals surface area contributed by atoms with Crippen LogP contribution in [-0.4, -0.2) is 33.5 Å². The number of benzene rings is 1. The van der Waals surface area contributed by atoms with Crippen molar-refractivity contribution in [1.82, 2.24) is 5.32 Å². The van der Waals surface area contributed by atoms with E-state index in [0.29, 0.717) is 6.10 Å².